The molecule has 0 aliphatic heterocycles. The van der Waals surface area contributed by atoms with Crippen LogP contribution < -0.4 is 5.32 Å². The van der Waals surface area contributed by atoms with Gasteiger partial charge < -0.3 is 9.84 Å². The van der Waals surface area contributed by atoms with E-state index in [0.29, 0.717) is 5.82 Å². The van der Waals surface area contributed by atoms with Crippen molar-refractivity contribution >= 4 is 11.5 Å². The number of nitrogens with one attached hydrogen (secondary N) is 1. The molecular formula is C8H7N3O. The molecule has 0 amide bonds. The van der Waals surface area contributed by atoms with Crippen LogP contribution in [0, 0.1) is 0 Å². The number of hydrogen-bond donors (Lipinski definition) is 1. The lowest BCUT2D eigenvalue weighted by Gasteiger charge is -1.98. The fourth-order valence-electron chi connectivity index (χ4n) is 0.888. The first kappa shape index (κ1) is 6.84. The van der Waals surface area contributed by atoms with Gasteiger partial charge in [0.25, 0.3) is 0 Å². The molecule has 0 spiro atoms. The molecule has 4 nitrogen and oxygen atoms in total. The Balaban J connectivity index is 2.15. The van der Waals surface area contributed by atoms with Gasteiger partial charge in [0.2, 0.25) is 0 Å². The number of rotatable bonds is 2. The fraction of sp³-hybridized carbons (Fsp3) is 0. The molecule has 60 valence electrons. The van der Waals surface area contributed by atoms with Crippen LogP contribution in [-0.4, -0.2) is 10.4 Å². The first-order valence-electron chi connectivity index (χ1n) is 3.54. The molecule has 1 heterocycles. The lowest BCUT2D eigenvalue weighted by Crippen LogP contribution is -1.88. The van der Waals surface area contributed by atoms with Crippen LogP contribution in [0.15, 0.2) is 41.1 Å². The van der Waals surface area contributed by atoms with Crippen LogP contribution in [0.4, 0.5) is 11.5 Å². The van der Waals surface area contributed by atoms with Crippen molar-refractivity contribution in [3.05, 3.63) is 36.6 Å². The summed E-state index contributed by atoms with van der Waals surface area (Å²) in [5, 5.41) is 10.0. The smallest absolute Gasteiger partial charge is 0.194 e. The number of anilines is 2. The Hall–Kier alpha value is -1.84. The SMILES string of the molecule is c1ccc(Nc2conn2)cc1. The van der Waals surface area contributed by atoms with Crippen LogP contribution in [0.3, 0.4) is 0 Å². The molecule has 1 aromatic heterocycles. The van der Waals surface area contributed by atoms with Crippen LogP contribution in [0.5, 0.6) is 0 Å². The van der Waals surface area contributed by atoms with Crippen LogP contribution in [0.1, 0.15) is 0 Å². The van der Waals surface area contributed by atoms with Crippen molar-refractivity contribution in [3.8, 4) is 0 Å². The van der Waals surface area contributed by atoms with E-state index in [1.807, 2.05) is 30.3 Å². The van der Waals surface area contributed by atoms with Gasteiger partial charge in [0.05, 0.1) is 0 Å². The van der Waals surface area contributed by atoms with Crippen LogP contribution >= 0.6 is 0 Å². The summed E-state index contributed by atoms with van der Waals surface area (Å²) in [5.41, 5.74) is 0.966. The molecule has 2 aromatic rings. The van der Waals surface area contributed by atoms with Crippen molar-refractivity contribution in [2.24, 2.45) is 0 Å². The van der Waals surface area contributed by atoms with E-state index in [2.05, 4.69) is 20.2 Å². The van der Waals surface area contributed by atoms with E-state index >= 15 is 0 Å². The quantitative estimate of drug-likeness (QED) is 0.729. The van der Waals surface area contributed by atoms with E-state index in [1.165, 1.54) is 6.26 Å². The van der Waals surface area contributed by atoms with E-state index in [1.54, 1.807) is 0 Å². The summed E-state index contributed by atoms with van der Waals surface area (Å²) in [5.74, 6) is 0.612. The number of para-hydroxylation sites is 1. The van der Waals surface area contributed by atoms with Crippen LogP contribution in [-0.2, 0) is 0 Å². The fourth-order valence-corrected chi connectivity index (χ4v) is 0.888. The molecule has 0 bridgehead atoms. The lowest BCUT2D eigenvalue weighted by atomic mass is 10.3. The highest BCUT2D eigenvalue weighted by molar-refractivity contribution is 5.53. The summed E-state index contributed by atoms with van der Waals surface area (Å²) in [6.45, 7) is 0. The van der Waals surface area contributed by atoms with E-state index in [0.717, 1.165) is 5.69 Å². The third kappa shape index (κ3) is 1.42. The lowest BCUT2D eigenvalue weighted by molar-refractivity contribution is 0.393. The third-order valence-electron chi connectivity index (χ3n) is 1.41. The molecule has 0 aliphatic carbocycles. The molecule has 0 unspecified atom stereocenters. The molecule has 2 rings (SSSR count). The van der Waals surface area contributed by atoms with E-state index < -0.39 is 0 Å². The first-order valence-corrected chi connectivity index (χ1v) is 3.54. The molecule has 0 saturated heterocycles. The Morgan fingerprint density at radius 1 is 1.17 bits per heavy atom. The minimum absolute atomic E-state index is 0.612. The summed E-state index contributed by atoms with van der Waals surface area (Å²) < 4.78 is 4.56. The normalized spacial score (nSPS) is 9.67. The molecule has 1 aromatic carbocycles. The largest absolute Gasteiger partial charge is 0.343 e. The van der Waals surface area contributed by atoms with Gasteiger partial charge in [-0.2, -0.15) is 0 Å². The second-order valence-corrected chi connectivity index (χ2v) is 2.28. The maximum atomic E-state index is 4.56. The highest BCUT2D eigenvalue weighted by Crippen LogP contribution is 2.11. The van der Waals surface area contributed by atoms with Gasteiger partial charge in [-0.05, 0) is 12.1 Å². The molecule has 0 fully saturated rings. The van der Waals surface area contributed by atoms with Gasteiger partial charge in [-0.25, -0.2) is 0 Å². The van der Waals surface area contributed by atoms with Crippen molar-refractivity contribution in [1.82, 2.24) is 10.4 Å². The minimum atomic E-state index is 0.612. The Bertz CT molecular complexity index is 330. The van der Waals surface area contributed by atoms with Crippen molar-refractivity contribution in [2.45, 2.75) is 0 Å². The summed E-state index contributed by atoms with van der Waals surface area (Å²) in [7, 11) is 0. The molecule has 12 heavy (non-hydrogen) atoms. The number of hydrogen-bond acceptors (Lipinski definition) is 4. The molecule has 0 saturated carbocycles. The van der Waals surface area contributed by atoms with E-state index in [-0.39, 0.29) is 0 Å². The molecule has 0 atom stereocenters. The highest BCUT2D eigenvalue weighted by atomic mass is 16.5. The zero-order chi connectivity index (χ0) is 8.23. The van der Waals surface area contributed by atoms with Gasteiger partial charge in [0.1, 0.15) is 0 Å². The summed E-state index contributed by atoms with van der Waals surface area (Å²) in [6.07, 6.45) is 1.45. The van der Waals surface area contributed by atoms with Crippen LogP contribution in [0.25, 0.3) is 0 Å². The van der Waals surface area contributed by atoms with Crippen molar-refractivity contribution in [2.75, 3.05) is 5.32 Å². The Morgan fingerprint density at radius 3 is 2.67 bits per heavy atom. The average molecular weight is 161 g/mol. The molecule has 0 radical (unpaired) electrons. The standard InChI is InChI=1S/C8H7N3O/c1-2-4-7(5-3-1)9-8-6-12-11-10-8/h1-6,9H. The predicted octanol–water partition coefficient (Wildman–Crippen LogP) is 1.81. The number of benzene rings is 1. The van der Waals surface area contributed by atoms with E-state index in [9.17, 15) is 0 Å². The first-order chi connectivity index (χ1) is 5.95. The maximum absolute atomic E-state index is 4.56. The summed E-state index contributed by atoms with van der Waals surface area (Å²) in [4.78, 5) is 0. The van der Waals surface area contributed by atoms with Gasteiger partial charge in [-0.1, -0.05) is 23.3 Å². The average Bonchev–Trinajstić information content (AvgIpc) is 2.59. The van der Waals surface area contributed by atoms with E-state index in [4.69, 9.17) is 0 Å². The Morgan fingerprint density at radius 2 is 2.00 bits per heavy atom. The topological polar surface area (TPSA) is 51.0 Å². The summed E-state index contributed by atoms with van der Waals surface area (Å²) in [6, 6.07) is 9.71. The van der Waals surface area contributed by atoms with Gasteiger partial charge in [0.15, 0.2) is 12.1 Å². The zero-order valence-corrected chi connectivity index (χ0v) is 6.27. The molecule has 1 N–H and O–H groups in total. The van der Waals surface area contributed by atoms with Crippen molar-refractivity contribution in [1.29, 1.82) is 0 Å². The van der Waals surface area contributed by atoms with Gasteiger partial charge in [0, 0.05) is 11.0 Å². The van der Waals surface area contributed by atoms with Crippen LogP contribution in [0.2, 0.25) is 0 Å². The van der Waals surface area contributed by atoms with Crippen molar-refractivity contribution in [3.63, 3.8) is 0 Å². The Labute approximate surface area is 69.2 Å². The zero-order valence-electron chi connectivity index (χ0n) is 6.27. The monoisotopic (exact) mass is 161 g/mol. The molecular weight excluding hydrogens is 154 g/mol. The molecule has 4 heteroatoms. The minimum Gasteiger partial charge on any atom is -0.343 e. The number of nitrogens with zero attached hydrogens (tertiary/aromatic N) is 2. The Kier molecular flexibility index (Phi) is 1.74. The third-order valence-corrected chi connectivity index (χ3v) is 1.41. The molecule has 0 aliphatic rings. The van der Waals surface area contributed by atoms with Gasteiger partial charge >= 0.3 is 0 Å². The van der Waals surface area contributed by atoms with Gasteiger partial charge in [-0.3, -0.25) is 0 Å². The van der Waals surface area contributed by atoms with Gasteiger partial charge in [-0.15, -0.1) is 0 Å². The number of aromatic nitrogens is 2. The second kappa shape index (κ2) is 3.04. The highest BCUT2D eigenvalue weighted by Gasteiger charge is 1.95. The second-order valence-electron chi connectivity index (χ2n) is 2.28. The maximum Gasteiger partial charge on any atom is 0.194 e. The van der Waals surface area contributed by atoms with Crippen molar-refractivity contribution < 1.29 is 4.52 Å². The summed E-state index contributed by atoms with van der Waals surface area (Å²) >= 11 is 0. The predicted molar refractivity (Wildman–Crippen MR) is 44.0 cm³/mol.